The third kappa shape index (κ3) is 4.48. The predicted octanol–water partition coefficient (Wildman–Crippen LogP) is 1.93. The third-order valence-corrected chi connectivity index (χ3v) is 5.27. The molecule has 0 unspecified atom stereocenters. The zero-order valence-electron chi connectivity index (χ0n) is 14.9. The Kier molecular flexibility index (Phi) is 6.10. The molecular formula is C19H31N5. The number of anilines is 1. The molecule has 3 N–H and O–H groups in total. The number of fused-ring (bicyclic) bond motifs is 1. The fourth-order valence-electron chi connectivity index (χ4n) is 3.72. The molecule has 132 valence electrons. The topological polar surface area (TPSA) is 56.9 Å². The summed E-state index contributed by atoms with van der Waals surface area (Å²) >= 11 is 0. The van der Waals surface area contributed by atoms with Crippen LogP contribution in [-0.4, -0.2) is 61.6 Å². The van der Waals surface area contributed by atoms with Gasteiger partial charge in [-0.3, -0.25) is 9.89 Å². The number of aryl methyl sites for hydroxylation is 1. The number of hydrogen-bond donors (Lipinski definition) is 2. The van der Waals surface area contributed by atoms with Crippen molar-refractivity contribution in [2.24, 2.45) is 10.7 Å². The number of piperazine rings is 1. The van der Waals surface area contributed by atoms with Crippen LogP contribution < -0.4 is 11.1 Å². The second kappa shape index (κ2) is 8.49. The van der Waals surface area contributed by atoms with E-state index in [1.165, 1.54) is 43.5 Å². The number of benzene rings is 1. The number of aliphatic imine (C=N–C) groups is 1. The molecule has 2 aliphatic rings. The summed E-state index contributed by atoms with van der Waals surface area (Å²) in [7, 11) is 0. The normalized spacial score (nSPS) is 20.0. The first-order valence-electron chi connectivity index (χ1n) is 9.38. The van der Waals surface area contributed by atoms with Crippen LogP contribution in [0.15, 0.2) is 23.2 Å². The number of likely N-dealkylation sites (N-methyl/N-ethyl adjacent to an activating group) is 1. The van der Waals surface area contributed by atoms with E-state index in [2.05, 4.69) is 45.2 Å². The number of nitrogens with two attached hydrogens (primary N) is 1. The SMILES string of the molecule is CCN1CCN(CCN=C(N)Nc2cccc3c2CCCC3)CC1. The van der Waals surface area contributed by atoms with Crippen molar-refractivity contribution in [2.45, 2.75) is 32.6 Å². The molecule has 1 aromatic carbocycles. The highest BCUT2D eigenvalue weighted by atomic mass is 15.3. The molecule has 3 rings (SSSR count). The quantitative estimate of drug-likeness (QED) is 0.640. The molecule has 5 heteroatoms. The minimum absolute atomic E-state index is 0.543. The number of nitrogens with one attached hydrogen (secondary N) is 1. The van der Waals surface area contributed by atoms with Gasteiger partial charge >= 0.3 is 0 Å². The van der Waals surface area contributed by atoms with Gasteiger partial charge in [-0.2, -0.15) is 0 Å². The van der Waals surface area contributed by atoms with E-state index in [9.17, 15) is 0 Å². The lowest BCUT2D eigenvalue weighted by atomic mass is 9.90. The zero-order valence-corrected chi connectivity index (χ0v) is 14.9. The van der Waals surface area contributed by atoms with Crippen LogP contribution in [0.5, 0.6) is 0 Å². The Morgan fingerprint density at radius 3 is 2.67 bits per heavy atom. The maximum Gasteiger partial charge on any atom is 0.193 e. The van der Waals surface area contributed by atoms with E-state index in [0.717, 1.165) is 44.8 Å². The number of nitrogens with zero attached hydrogens (tertiary/aromatic N) is 3. The van der Waals surface area contributed by atoms with E-state index in [-0.39, 0.29) is 0 Å². The molecule has 0 spiro atoms. The molecule has 1 fully saturated rings. The van der Waals surface area contributed by atoms with Gasteiger partial charge in [0.05, 0.1) is 6.54 Å². The van der Waals surface area contributed by atoms with Crippen molar-refractivity contribution in [1.82, 2.24) is 9.80 Å². The number of rotatable bonds is 5. The van der Waals surface area contributed by atoms with Crippen molar-refractivity contribution in [1.29, 1.82) is 0 Å². The largest absolute Gasteiger partial charge is 0.370 e. The average Bonchev–Trinajstić information content (AvgIpc) is 2.63. The highest BCUT2D eigenvalue weighted by Gasteiger charge is 2.15. The van der Waals surface area contributed by atoms with Crippen LogP contribution in [-0.2, 0) is 12.8 Å². The summed E-state index contributed by atoms with van der Waals surface area (Å²) in [5.74, 6) is 0.543. The molecule has 1 aliphatic carbocycles. The lowest BCUT2D eigenvalue weighted by molar-refractivity contribution is 0.140. The van der Waals surface area contributed by atoms with Crippen LogP contribution in [0.2, 0.25) is 0 Å². The molecule has 0 atom stereocenters. The van der Waals surface area contributed by atoms with E-state index in [4.69, 9.17) is 5.73 Å². The summed E-state index contributed by atoms with van der Waals surface area (Å²) in [6.45, 7) is 9.77. The molecule has 0 radical (unpaired) electrons. The van der Waals surface area contributed by atoms with E-state index in [1.807, 2.05) is 0 Å². The number of guanidine groups is 1. The van der Waals surface area contributed by atoms with Crippen LogP contribution in [0.25, 0.3) is 0 Å². The maximum atomic E-state index is 6.11. The van der Waals surface area contributed by atoms with Crippen molar-refractivity contribution in [3.8, 4) is 0 Å². The summed E-state index contributed by atoms with van der Waals surface area (Å²) in [5, 5.41) is 3.32. The highest BCUT2D eigenvalue weighted by molar-refractivity contribution is 5.93. The van der Waals surface area contributed by atoms with Gasteiger partial charge in [-0.05, 0) is 49.4 Å². The van der Waals surface area contributed by atoms with E-state index >= 15 is 0 Å². The van der Waals surface area contributed by atoms with Crippen molar-refractivity contribution >= 4 is 11.6 Å². The molecule has 1 aliphatic heterocycles. The van der Waals surface area contributed by atoms with Gasteiger partial charge < -0.3 is 16.0 Å². The van der Waals surface area contributed by atoms with Gasteiger partial charge in [0.25, 0.3) is 0 Å². The maximum absolute atomic E-state index is 6.11. The summed E-state index contributed by atoms with van der Waals surface area (Å²) in [6.07, 6.45) is 4.90. The van der Waals surface area contributed by atoms with Gasteiger partial charge in [0.2, 0.25) is 0 Å². The first-order chi connectivity index (χ1) is 11.8. The molecule has 1 heterocycles. The van der Waals surface area contributed by atoms with Crippen LogP contribution in [0.1, 0.15) is 30.9 Å². The molecule has 24 heavy (non-hydrogen) atoms. The zero-order chi connectivity index (χ0) is 16.8. The first-order valence-corrected chi connectivity index (χ1v) is 9.38. The van der Waals surface area contributed by atoms with Gasteiger partial charge in [0.15, 0.2) is 5.96 Å². The molecule has 0 amide bonds. The molecule has 0 aromatic heterocycles. The summed E-state index contributed by atoms with van der Waals surface area (Å²) < 4.78 is 0. The van der Waals surface area contributed by atoms with E-state index < -0.39 is 0 Å². The van der Waals surface area contributed by atoms with Gasteiger partial charge in [-0.25, -0.2) is 0 Å². The van der Waals surface area contributed by atoms with Crippen LogP contribution >= 0.6 is 0 Å². The Hall–Kier alpha value is -1.59. The van der Waals surface area contributed by atoms with Crippen molar-refractivity contribution < 1.29 is 0 Å². The Morgan fingerprint density at radius 1 is 1.12 bits per heavy atom. The number of hydrogen-bond acceptors (Lipinski definition) is 3. The van der Waals surface area contributed by atoms with Crippen molar-refractivity contribution in [2.75, 3.05) is 51.1 Å². The summed E-state index contributed by atoms with van der Waals surface area (Å²) in [5.41, 5.74) is 10.1. The van der Waals surface area contributed by atoms with Crippen LogP contribution in [0.4, 0.5) is 5.69 Å². The lowest BCUT2D eigenvalue weighted by Gasteiger charge is -2.33. The first kappa shape index (κ1) is 17.2. The molecule has 0 bridgehead atoms. The predicted molar refractivity (Wildman–Crippen MR) is 102 cm³/mol. The average molecular weight is 329 g/mol. The fraction of sp³-hybridized carbons (Fsp3) is 0.632. The minimum Gasteiger partial charge on any atom is -0.370 e. The van der Waals surface area contributed by atoms with Gasteiger partial charge in [0.1, 0.15) is 0 Å². The van der Waals surface area contributed by atoms with E-state index in [1.54, 1.807) is 0 Å². The summed E-state index contributed by atoms with van der Waals surface area (Å²) in [6, 6.07) is 6.48. The molecule has 1 aromatic rings. The third-order valence-electron chi connectivity index (χ3n) is 5.27. The second-order valence-corrected chi connectivity index (χ2v) is 6.82. The van der Waals surface area contributed by atoms with Crippen LogP contribution in [0.3, 0.4) is 0 Å². The smallest absolute Gasteiger partial charge is 0.193 e. The fourth-order valence-corrected chi connectivity index (χ4v) is 3.72. The van der Waals surface area contributed by atoms with Crippen molar-refractivity contribution in [3.05, 3.63) is 29.3 Å². The van der Waals surface area contributed by atoms with Gasteiger partial charge in [0, 0.05) is 38.4 Å². The van der Waals surface area contributed by atoms with Gasteiger partial charge in [-0.1, -0.05) is 19.1 Å². The minimum atomic E-state index is 0.543. The molecular weight excluding hydrogens is 298 g/mol. The second-order valence-electron chi connectivity index (χ2n) is 6.82. The summed E-state index contributed by atoms with van der Waals surface area (Å²) in [4.78, 5) is 9.50. The monoisotopic (exact) mass is 329 g/mol. The van der Waals surface area contributed by atoms with Gasteiger partial charge in [-0.15, -0.1) is 0 Å². The molecule has 0 saturated carbocycles. The highest BCUT2D eigenvalue weighted by Crippen LogP contribution is 2.27. The Morgan fingerprint density at radius 2 is 1.88 bits per heavy atom. The Bertz CT molecular complexity index is 561. The lowest BCUT2D eigenvalue weighted by Crippen LogP contribution is -2.46. The van der Waals surface area contributed by atoms with Crippen LogP contribution in [0, 0.1) is 0 Å². The standard InChI is InChI=1S/C19H31N5/c1-2-23-12-14-24(15-13-23)11-10-21-19(20)22-18-9-5-7-16-6-3-4-8-17(16)18/h5,7,9H,2-4,6,8,10-15H2,1H3,(H3,20,21,22). The molecule has 5 nitrogen and oxygen atoms in total. The van der Waals surface area contributed by atoms with E-state index in [0.29, 0.717) is 5.96 Å². The molecule has 1 saturated heterocycles. The van der Waals surface area contributed by atoms with Crippen molar-refractivity contribution in [3.63, 3.8) is 0 Å². The Balaban J connectivity index is 1.49. The Labute approximate surface area is 145 Å².